The Morgan fingerprint density at radius 2 is 2.05 bits per heavy atom. The van der Waals surface area contributed by atoms with Crippen molar-refractivity contribution in [3.8, 4) is 0 Å². The summed E-state index contributed by atoms with van der Waals surface area (Å²) >= 11 is 9.55. The van der Waals surface area contributed by atoms with Crippen LogP contribution in [0.15, 0.2) is 34.9 Å². The lowest BCUT2D eigenvalue weighted by molar-refractivity contribution is 0.717. The highest BCUT2D eigenvalue weighted by Crippen LogP contribution is 2.27. The van der Waals surface area contributed by atoms with Crippen LogP contribution in [0.2, 0.25) is 5.02 Å². The van der Waals surface area contributed by atoms with Gasteiger partial charge >= 0.3 is 0 Å². The van der Waals surface area contributed by atoms with Gasteiger partial charge in [-0.1, -0.05) is 30.7 Å². The third-order valence-corrected chi connectivity index (χ3v) is 4.12. The van der Waals surface area contributed by atoms with Crippen LogP contribution < -0.4 is 4.90 Å². The summed E-state index contributed by atoms with van der Waals surface area (Å²) in [4.78, 5) is 11.2. The van der Waals surface area contributed by atoms with Gasteiger partial charge in [0.05, 0.1) is 6.04 Å². The van der Waals surface area contributed by atoms with Crippen LogP contribution in [-0.4, -0.2) is 17.0 Å². The Morgan fingerprint density at radius 1 is 1.29 bits per heavy atom. The molecule has 2 rings (SSSR count). The van der Waals surface area contributed by atoms with Crippen molar-refractivity contribution < 1.29 is 0 Å². The second kappa shape index (κ2) is 7.23. The molecule has 5 heteroatoms. The molecule has 0 spiro atoms. The smallest absolute Gasteiger partial charge is 0.133 e. The van der Waals surface area contributed by atoms with E-state index in [4.69, 9.17) is 11.6 Å². The molecule has 0 N–H and O–H groups in total. The normalized spacial score (nSPS) is 12.2. The Bertz CT molecular complexity index is 618. The minimum absolute atomic E-state index is 0.181. The van der Waals surface area contributed by atoms with Gasteiger partial charge in [-0.15, -0.1) is 0 Å². The number of anilines is 1. The second-order valence-corrected chi connectivity index (χ2v) is 6.31. The van der Waals surface area contributed by atoms with Gasteiger partial charge in [0.1, 0.15) is 16.2 Å². The molecular formula is C16H19BrClN3. The summed E-state index contributed by atoms with van der Waals surface area (Å²) in [5.74, 6) is 1.78. The topological polar surface area (TPSA) is 29.0 Å². The van der Waals surface area contributed by atoms with E-state index in [1.54, 1.807) is 0 Å². The number of aromatic nitrogens is 2. The van der Waals surface area contributed by atoms with E-state index in [0.717, 1.165) is 39.7 Å². The highest BCUT2D eigenvalue weighted by atomic mass is 79.9. The van der Waals surface area contributed by atoms with Crippen molar-refractivity contribution in [1.29, 1.82) is 0 Å². The summed E-state index contributed by atoms with van der Waals surface area (Å²) < 4.78 is 0.820. The molecule has 0 fully saturated rings. The third kappa shape index (κ3) is 4.17. The van der Waals surface area contributed by atoms with Crippen molar-refractivity contribution in [1.82, 2.24) is 9.97 Å². The van der Waals surface area contributed by atoms with Crippen molar-refractivity contribution in [3.63, 3.8) is 0 Å². The Labute approximate surface area is 139 Å². The van der Waals surface area contributed by atoms with E-state index < -0.39 is 0 Å². The van der Waals surface area contributed by atoms with Gasteiger partial charge in [-0.05, 0) is 47.0 Å². The molecule has 0 aliphatic carbocycles. The van der Waals surface area contributed by atoms with E-state index in [2.05, 4.69) is 50.7 Å². The maximum atomic E-state index is 6.08. The summed E-state index contributed by atoms with van der Waals surface area (Å²) in [5, 5.41) is 0.753. The van der Waals surface area contributed by atoms with E-state index in [-0.39, 0.29) is 6.04 Å². The highest BCUT2D eigenvalue weighted by molar-refractivity contribution is 9.10. The third-order valence-electron chi connectivity index (χ3n) is 3.47. The molecule has 1 unspecified atom stereocenters. The Kier molecular flexibility index (Phi) is 5.59. The van der Waals surface area contributed by atoms with Gasteiger partial charge < -0.3 is 4.90 Å². The van der Waals surface area contributed by atoms with Gasteiger partial charge in [0.15, 0.2) is 0 Å². The molecule has 0 amide bonds. The second-order valence-electron chi connectivity index (χ2n) is 5.06. The molecular weight excluding hydrogens is 350 g/mol. The maximum absolute atomic E-state index is 6.08. The lowest BCUT2D eigenvalue weighted by Gasteiger charge is -2.27. The molecule has 0 saturated carbocycles. The van der Waals surface area contributed by atoms with Crippen LogP contribution in [0.5, 0.6) is 0 Å². The molecule has 0 saturated heterocycles. The fourth-order valence-corrected chi connectivity index (χ4v) is 2.76. The minimum Gasteiger partial charge on any atom is -0.353 e. The zero-order chi connectivity index (χ0) is 15.4. The average Bonchev–Trinajstić information content (AvgIpc) is 2.45. The molecule has 2 aromatic rings. The van der Waals surface area contributed by atoms with Crippen molar-refractivity contribution >= 4 is 33.3 Å². The van der Waals surface area contributed by atoms with Crippen LogP contribution in [0, 0.1) is 0 Å². The Hall–Kier alpha value is -1.13. The SMILES string of the molecule is CCCc1nc(Br)cc(N(C)C(C)c2cccc(Cl)c2)n1. The monoisotopic (exact) mass is 367 g/mol. The first kappa shape index (κ1) is 16.2. The first-order valence-electron chi connectivity index (χ1n) is 7.03. The Balaban J connectivity index is 2.28. The predicted octanol–water partition coefficient (Wildman–Crippen LogP) is 5.04. The zero-order valence-electron chi connectivity index (χ0n) is 12.5. The van der Waals surface area contributed by atoms with E-state index in [1.165, 1.54) is 0 Å². The van der Waals surface area contributed by atoms with Crippen molar-refractivity contribution in [2.24, 2.45) is 0 Å². The molecule has 0 aliphatic heterocycles. The average molecular weight is 369 g/mol. The van der Waals surface area contributed by atoms with Crippen LogP contribution in [0.3, 0.4) is 0 Å². The van der Waals surface area contributed by atoms with Gasteiger partial charge in [0, 0.05) is 24.6 Å². The first-order chi connectivity index (χ1) is 10.0. The van der Waals surface area contributed by atoms with Gasteiger partial charge in [-0.25, -0.2) is 9.97 Å². The van der Waals surface area contributed by atoms with E-state index >= 15 is 0 Å². The minimum atomic E-state index is 0.181. The van der Waals surface area contributed by atoms with Crippen molar-refractivity contribution in [2.45, 2.75) is 32.7 Å². The molecule has 1 atom stereocenters. The number of aryl methyl sites for hydroxylation is 1. The van der Waals surface area contributed by atoms with Gasteiger partial charge in [-0.3, -0.25) is 0 Å². The first-order valence-corrected chi connectivity index (χ1v) is 8.20. The quantitative estimate of drug-likeness (QED) is 0.692. The molecule has 0 aliphatic rings. The summed E-state index contributed by atoms with van der Waals surface area (Å²) in [7, 11) is 2.04. The van der Waals surface area contributed by atoms with Crippen LogP contribution in [0.1, 0.15) is 37.7 Å². The van der Waals surface area contributed by atoms with Gasteiger partial charge in [-0.2, -0.15) is 0 Å². The fraction of sp³-hybridized carbons (Fsp3) is 0.375. The summed E-state index contributed by atoms with van der Waals surface area (Å²) in [6, 6.07) is 10.1. The van der Waals surface area contributed by atoms with Crippen LogP contribution >= 0.6 is 27.5 Å². The molecule has 1 aromatic carbocycles. The van der Waals surface area contributed by atoms with E-state index in [9.17, 15) is 0 Å². The molecule has 112 valence electrons. The van der Waals surface area contributed by atoms with Gasteiger partial charge in [0.25, 0.3) is 0 Å². The number of hydrogen-bond donors (Lipinski definition) is 0. The largest absolute Gasteiger partial charge is 0.353 e. The van der Waals surface area contributed by atoms with Crippen LogP contribution in [0.25, 0.3) is 0 Å². The lowest BCUT2D eigenvalue weighted by Crippen LogP contribution is -2.23. The number of benzene rings is 1. The zero-order valence-corrected chi connectivity index (χ0v) is 14.8. The molecule has 1 heterocycles. The standard InChI is InChI=1S/C16H19BrClN3/c1-4-6-15-19-14(17)10-16(20-15)21(3)11(2)12-7-5-8-13(18)9-12/h5,7-11H,4,6H2,1-3H3. The maximum Gasteiger partial charge on any atom is 0.133 e. The summed E-state index contributed by atoms with van der Waals surface area (Å²) in [5.41, 5.74) is 1.16. The fourth-order valence-electron chi connectivity index (χ4n) is 2.16. The van der Waals surface area contributed by atoms with Crippen molar-refractivity contribution in [3.05, 3.63) is 51.3 Å². The number of halogens is 2. The van der Waals surface area contributed by atoms with Gasteiger partial charge in [0.2, 0.25) is 0 Å². The summed E-state index contributed by atoms with van der Waals surface area (Å²) in [6.07, 6.45) is 1.91. The van der Waals surface area contributed by atoms with Crippen LogP contribution in [-0.2, 0) is 6.42 Å². The molecule has 1 aromatic heterocycles. The predicted molar refractivity (Wildman–Crippen MR) is 92.0 cm³/mol. The van der Waals surface area contributed by atoms with Crippen molar-refractivity contribution in [2.75, 3.05) is 11.9 Å². The Morgan fingerprint density at radius 3 is 2.71 bits per heavy atom. The summed E-state index contributed by atoms with van der Waals surface area (Å²) in [6.45, 7) is 4.27. The highest BCUT2D eigenvalue weighted by Gasteiger charge is 2.15. The number of hydrogen-bond acceptors (Lipinski definition) is 3. The number of nitrogens with zero attached hydrogens (tertiary/aromatic N) is 3. The van der Waals surface area contributed by atoms with E-state index in [1.807, 2.05) is 31.3 Å². The molecule has 21 heavy (non-hydrogen) atoms. The van der Waals surface area contributed by atoms with Crippen LogP contribution in [0.4, 0.5) is 5.82 Å². The number of rotatable bonds is 5. The molecule has 0 bridgehead atoms. The lowest BCUT2D eigenvalue weighted by atomic mass is 10.1. The molecule has 3 nitrogen and oxygen atoms in total. The van der Waals surface area contributed by atoms with E-state index in [0.29, 0.717) is 0 Å². The molecule has 0 radical (unpaired) electrons.